The topological polar surface area (TPSA) is 66.5 Å². The Morgan fingerprint density at radius 1 is 1.07 bits per heavy atom. The van der Waals surface area contributed by atoms with Crippen LogP contribution in [-0.4, -0.2) is 32.7 Å². The van der Waals surface area contributed by atoms with E-state index in [9.17, 15) is 13.2 Å². The van der Waals surface area contributed by atoms with Crippen molar-refractivity contribution >= 4 is 21.6 Å². The van der Waals surface area contributed by atoms with Gasteiger partial charge in [-0.1, -0.05) is 17.7 Å². The highest BCUT2D eigenvalue weighted by Gasteiger charge is 2.51. The summed E-state index contributed by atoms with van der Waals surface area (Å²) in [5.41, 5.74) is 1.78. The van der Waals surface area contributed by atoms with Crippen LogP contribution in [0, 0.1) is 24.7 Å². The van der Waals surface area contributed by atoms with Crippen LogP contribution in [0.5, 0.6) is 0 Å². The van der Waals surface area contributed by atoms with Crippen molar-refractivity contribution in [1.82, 2.24) is 5.32 Å². The van der Waals surface area contributed by atoms with E-state index in [1.54, 1.807) is 0 Å². The molecule has 28 heavy (non-hydrogen) atoms. The molecule has 4 aliphatic rings. The largest absolute Gasteiger partial charge is 0.351 e. The second kappa shape index (κ2) is 7.36. The molecule has 154 valence electrons. The summed E-state index contributed by atoms with van der Waals surface area (Å²) in [5.74, 6) is 2.48. The monoisotopic (exact) mass is 404 g/mol. The van der Waals surface area contributed by atoms with E-state index < -0.39 is 10.0 Å². The molecule has 0 spiro atoms. The molecule has 0 aromatic heterocycles. The maximum atomic E-state index is 12.7. The Hall–Kier alpha value is -1.56. The highest BCUT2D eigenvalue weighted by molar-refractivity contribution is 7.92. The second-order valence-corrected chi connectivity index (χ2v) is 11.4. The molecule has 0 atom stereocenters. The van der Waals surface area contributed by atoms with Crippen molar-refractivity contribution in [3.8, 4) is 0 Å². The fourth-order valence-electron chi connectivity index (χ4n) is 6.20. The van der Waals surface area contributed by atoms with Gasteiger partial charge in [0.2, 0.25) is 15.9 Å². The number of sulfonamides is 1. The van der Waals surface area contributed by atoms with E-state index in [4.69, 9.17) is 0 Å². The van der Waals surface area contributed by atoms with E-state index in [2.05, 4.69) is 5.32 Å². The standard InChI is InChI=1S/C22H32N2O3S/c1-16-5-7-20(8-6-16)24(28(2,26)27)9-3-4-21(25)23-22-13-17-10-18(14-22)12-19(11-17)15-22/h5-8,17-19H,3-4,9-15H2,1-2H3,(H,23,25). The number of anilines is 1. The van der Waals surface area contributed by atoms with E-state index in [1.807, 2.05) is 31.2 Å². The summed E-state index contributed by atoms with van der Waals surface area (Å²) in [6.07, 6.45) is 9.62. The molecule has 1 amide bonds. The average Bonchev–Trinajstić information content (AvgIpc) is 2.57. The van der Waals surface area contributed by atoms with Gasteiger partial charge in [0.25, 0.3) is 0 Å². The van der Waals surface area contributed by atoms with Crippen LogP contribution in [0.4, 0.5) is 5.69 Å². The number of carbonyl (C=O) groups is 1. The Kier molecular flexibility index (Phi) is 5.19. The zero-order chi connectivity index (χ0) is 19.9. The van der Waals surface area contributed by atoms with Gasteiger partial charge in [0.05, 0.1) is 11.9 Å². The fourth-order valence-corrected chi connectivity index (χ4v) is 7.17. The van der Waals surface area contributed by atoms with Crippen LogP contribution in [0.15, 0.2) is 24.3 Å². The van der Waals surface area contributed by atoms with Crippen LogP contribution in [0.25, 0.3) is 0 Å². The van der Waals surface area contributed by atoms with Gasteiger partial charge >= 0.3 is 0 Å². The number of hydrogen-bond acceptors (Lipinski definition) is 3. The summed E-state index contributed by atoms with van der Waals surface area (Å²) in [6.45, 7) is 2.31. The molecule has 4 aliphatic carbocycles. The summed E-state index contributed by atoms with van der Waals surface area (Å²) >= 11 is 0. The number of hydrogen-bond donors (Lipinski definition) is 1. The molecule has 1 N–H and O–H groups in total. The molecular formula is C22H32N2O3S. The van der Waals surface area contributed by atoms with E-state index >= 15 is 0 Å². The Morgan fingerprint density at radius 3 is 2.11 bits per heavy atom. The minimum atomic E-state index is -3.37. The van der Waals surface area contributed by atoms with Gasteiger partial charge in [0.1, 0.15) is 0 Å². The number of nitrogens with zero attached hydrogens (tertiary/aromatic N) is 1. The molecular weight excluding hydrogens is 372 g/mol. The Balaban J connectivity index is 1.33. The fraction of sp³-hybridized carbons (Fsp3) is 0.682. The van der Waals surface area contributed by atoms with E-state index in [0.717, 1.165) is 42.6 Å². The van der Waals surface area contributed by atoms with Gasteiger partial charge in [-0.15, -0.1) is 0 Å². The van der Waals surface area contributed by atoms with Gasteiger partial charge in [0, 0.05) is 18.5 Å². The van der Waals surface area contributed by atoms with E-state index in [-0.39, 0.29) is 11.4 Å². The van der Waals surface area contributed by atoms with E-state index in [0.29, 0.717) is 25.1 Å². The zero-order valence-corrected chi connectivity index (χ0v) is 17.8. The first kappa shape index (κ1) is 19.7. The smallest absolute Gasteiger partial charge is 0.232 e. The molecule has 1 aromatic rings. The third-order valence-electron chi connectivity index (χ3n) is 6.93. The predicted molar refractivity (Wildman–Crippen MR) is 112 cm³/mol. The Labute approximate surface area is 168 Å². The first-order valence-electron chi connectivity index (χ1n) is 10.6. The number of rotatable bonds is 7. The molecule has 1 aromatic carbocycles. The second-order valence-electron chi connectivity index (χ2n) is 9.52. The predicted octanol–water partition coefficient (Wildman–Crippen LogP) is 3.63. The number of amides is 1. The lowest BCUT2D eigenvalue weighted by Crippen LogP contribution is -2.59. The van der Waals surface area contributed by atoms with Gasteiger partial charge < -0.3 is 5.32 Å². The minimum Gasteiger partial charge on any atom is -0.351 e. The van der Waals surface area contributed by atoms with Crippen molar-refractivity contribution in [2.75, 3.05) is 17.1 Å². The Bertz CT molecular complexity index is 797. The van der Waals surface area contributed by atoms with Crippen molar-refractivity contribution in [1.29, 1.82) is 0 Å². The summed E-state index contributed by atoms with van der Waals surface area (Å²) in [4.78, 5) is 12.7. The van der Waals surface area contributed by atoms with Crippen LogP contribution in [0.2, 0.25) is 0 Å². The lowest BCUT2D eigenvalue weighted by molar-refractivity contribution is -0.126. The third-order valence-corrected chi connectivity index (χ3v) is 8.12. The molecule has 0 heterocycles. The normalized spacial score (nSPS) is 31.0. The molecule has 4 saturated carbocycles. The van der Waals surface area contributed by atoms with Crippen molar-refractivity contribution in [2.24, 2.45) is 17.8 Å². The lowest BCUT2D eigenvalue weighted by atomic mass is 9.53. The highest BCUT2D eigenvalue weighted by Crippen LogP contribution is 2.55. The quantitative estimate of drug-likeness (QED) is 0.755. The molecule has 0 unspecified atom stereocenters. The van der Waals surface area contributed by atoms with Crippen molar-refractivity contribution in [3.63, 3.8) is 0 Å². The zero-order valence-electron chi connectivity index (χ0n) is 17.0. The van der Waals surface area contributed by atoms with Crippen molar-refractivity contribution in [3.05, 3.63) is 29.8 Å². The van der Waals surface area contributed by atoms with E-state index in [1.165, 1.54) is 29.8 Å². The Morgan fingerprint density at radius 2 is 1.61 bits per heavy atom. The average molecular weight is 405 g/mol. The van der Waals surface area contributed by atoms with Crippen LogP contribution in [0.1, 0.15) is 56.9 Å². The summed E-state index contributed by atoms with van der Waals surface area (Å²) in [7, 11) is -3.37. The molecule has 5 nitrogen and oxygen atoms in total. The molecule has 0 aliphatic heterocycles. The van der Waals surface area contributed by atoms with Gasteiger partial charge in [-0.3, -0.25) is 9.10 Å². The number of nitrogens with one attached hydrogen (secondary N) is 1. The molecule has 4 bridgehead atoms. The molecule has 0 radical (unpaired) electrons. The van der Waals surface area contributed by atoms with Crippen LogP contribution >= 0.6 is 0 Å². The minimum absolute atomic E-state index is 0.0271. The lowest BCUT2D eigenvalue weighted by Gasteiger charge is -2.56. The number of carbonyl (C=O) groups excluding carboxylic acids is 1. The maximum absolute atomic E-state index is 12.7. The molecule has 5 rings (SSSR count). The van der Waals surface area contributed by atoms with Crippen LogP contribution in [0.3, 0.4) is 0 Å². The molecule has 0 saturated heterocycles. The summed E-state index contributed by atoms with van der Waals surface area (Å²) in [5, 5.41) is 3.38. The highest BCUT2D eigenvalue weighted by atomic mass is 32.2. The number of benzene rings is 1. The SMILES string of the molecule is Cc1ccc(N(CCCC(=O)NC23CC4CC(CC(C4)C2)C3)S(C)(=O)=O)cc1. The first-order chi connectivity index (χ1) is 13.2. The molecule has 4 fully saturated rings. The van der Waals surface area contributed by atoms with Crippen molar-refractivity contribution in [2.45, 2.75) is 63.8 Å². The summed E-state index contributed by atoms with van der Waals surface area (Å²) in [6, 6.07) is 7.47. The van der Waals surface area contributed by atoms with Gasteiger partial charge in [0.15, 0.2) is 0 Å². The number of aryl methyl sites for hydroxylation is 1. The molecule has 6 heteroatoms. The summed E-state index contributed by atoms with van der Waals surface area (Å²) < 4.78 is 25.8. The first-order valence-corrected chi connectivity index (χ1v) is 12.4. The van der Waals surface area contributed by atoms with Gasteiger partial charge in [-0.05, 0) is 81.8 Å². The van der Waals surface area contributed by atoms with Gasteiger partial charge in [-0.2, -0.15) is 0 Å². The van der Waals surface area contributed by atoms with Crippen LogP contribution in [-0.2, 0) is 14.8 Å². The maximum Gasteiger partial charge on any atom is 0.232 e. The van der Waals surface area contributed by atoms with Gasteiger partial charge in [-0.25, -0.2) is 8.42 Å². The van der Waals surface area contributed by atoms with Crippen LogP contribution < -0.4 is 9.62 Å². The third kappa shape index (κ3) is 4.22. The van der Waals surface area contributed by atoms with Crippen molar-refractivity contribution < 1.29 is 13.2 Å².